The number of hydrogen-bond acceptors (Lipinski definition) is 19. The normalized spacial score (nSPS) is 12.7. The number of methoxy groups -OCH3 is 1. The lowest BCUT2D eigenvalue weighted by molar-refractivity contribution is -0.268. The lowest BCUT2D eigenvalue weighted by Crippen LogP contribution is -2.55. The molecule has 0 fully saturated rings. The third-order valence-corrected chi connectivity index (χ3v) is 10.0. The molecule has 0 aliphatic rings. The van der Waals surface area contributed by atoms with Gasteiger partial charge in [0.2, 0.25) is 5.60 Å². The summed E-state index contributed by atoms with van der Waals surface area (Å²) in [6, 6.07) is 0. The highest BCUT2D eigenvalue weighted by Gasteiger charge is 2.62. The van der Waals surface area contributed by atoms with E-state index in [1.54, 1.807) is 62.3 Å². The number of halogens is 3. The van der Waals surface area contributed by atoms with Crippen molar-refractivity contribution in [1.82, 2.24) is 0 Å². The number of rotatable bonds is 21. The Morgan fingerprint density at radius 3 is 1.14 bits per heavy atom. The van der Waals surface area contributed by atoms with Crippen molar-refractivity contribution in [2.75, 3.05) is 20.3 Å². The topological polar surface area (TPSA) is 257 Å². The van der Waals surface area contributed by atoms with E-state index in [0.29, 0.717) is 36.0 Å². The summed E-state index contributed by atoms with van der Waals surface area (Å²) in [7, 11) is 1.23. The van der Waals surface area contributed by atoms with Crippen LogP contribution in [0.5, 0.6) is 0 Å². The molecule has 1 N–H and O–H groups in total. The van der Waals surface area contributed by atoms with Gasteiger partial charge < -0.3 is 47.7 Å². The zero-order chi connectivity index (χ0) is 66.0. The highest BCUT2D eigenvalue weighted by molar-refractivity contribution is 5.91. The van der Waals surface area contributed by atoms with Crippen molar-refractivity contribution in [2.24, 2.45) is 16.7 Å². The minimum Gasteiger partial charge on any atom is -0.466 e. The second-order valence-electron chi connectivity index (χ2n) is 23.9. The summed E-state index contributed by atoms with van der Waals surface area (Å²) in [5.74, 6) is -6.07. The summed E-state index contributed by atoms with van der Waals surface area (Å²) in [6.07, 6.45) is -4.35. The van der Waals surface area contributed by atoms with E-state index >= 15 is 0 Å². The molecule has 0 aliphatic heterocycles. The van der Waals surface area contributed by atoms with E-state index in [2.05, 4.69) is 65.7 Å². The molecule has 0 aromatic rings. The third-order valence-electron chi connectivity index (χ3n) is 10.0. The van der Waals surface area contributed by atoms with Crippen LogP contribution in [-0.2, 0) is 85.8 Å². The van der Waals surface area contributed by atoms with Gasteiger partial charge in [-0.25, -0.2) is 33.6 Å². The first kappa shape index (κ1) is 83.5. The van der Waals surface area contributed by atoms with Crippen LogP contribution in [0.3, 0.4) is 0 Å². The quantitative estimate of drug-likeness (QED) is 0.0485. The van der Waals surface area contributed by atoms with Crippen LogP contribution >= 0.6 is 0 Å². The van der Waals surface area contributed by atoms with Crippen molar-refractivity contribution >= 4 is 53.7 Å². The summed E-state index contributed by atoms with van der Waals surface area (Å²) in [6.45, 7) is 54.6. The Hall–Kier alpha value is -6.32. The lowest BCUT2D eigenvalue weighted by atomic mass is 9.89. The maximum absolute atomic E-state index is 13.2. The molecule has 0 heterocycles. The third kappa shape index (κ3) is 36.6. The number of carbonyl (C=O) groups is 9. The molecule has 0 saturated carbocycles. The van der Waals surface area contributed by atoms with E-state index in [-0.39, 0.29) is 35.3 Å². The number of ether oxygens (including phenoxy) is 9. The molecule has 0 rings (SSSR count). The molecule has 468 valence electrons. The van der Waals surface area contributed by atoms with Crippen LogP contribution in [0.4, 0.5) is 13.2 Å². The Morgan fingerprint density at radius 2 is 0.827 bits per heavy atom. The molecule has 0 aromatic carbocycles. The summed E-state index contributed by atoms with van der Waals surface area (Å²) < 4.78 is 83.2. The fraction of sp³-hybridized carbons (Fsp3) is 0.678. The largest absolute Gasteiger partial charge is 0.466 e. The van der Waals surface area contributed by atoms with Crippen LogP contribution in [0.2, 0.25) is 0 Å². The van der Waals surface area contributed by atoms with Crippen molar-refractivity contribution in [1.29, 1.82) is 0 Å². The Balaban J connectivity index is -0.000000310. The number of alkyl halides is 3. The fourth-order valence-corrected chi connectivity index (χ4v) is 4.39. The highest BCUT2D eigenvalue weighted by atomic mass is 19.4. The van der Waals surface area contributed by atoms with Gasteiger partial charge in [0, 0.05) is 34.3 Å². The Morgan fingerprint density at radius 1 is 0.469 bits per heavy atom. The van der Waals surface area contributed by atoms with E-state index in [0.717, 1.165) is 6.42 Å². The van der Waals surface area contributed by atoms with Gasteiger partial charge in [-0.1, -0.05) is 46.7 Å². The van der Waals surface area contributed by atoms with Gasteiger partial charge in [-0.3, -0.25) is 9.59 Å². The van der Waals surface area contributed by atoms with Crippen molar-refractivity contribution in [3.05, 3.63) is 60.8 Å². The van der Waals surface area contributed by atoms with Gasteiger partial charge >= 0.3 is 59.9 Å². The molecular formula is C59H97F3O19. The molecular weight excluding hydrogens is 1070 g/mol. The predicted molar refractivity (Wildman–Crippen MR) is 299 cm³/mol. The minimum atomic E-state index is -5.18. The van der Waals surface area contributed by atoms with Crippen molar-refractivity contribution in [2.45, 2.75) is 225 Å². The standard InChI is InChI=1S/C18H32O4.C15H21F3O6.C10H18O3.C9H14O4.C7H12O2/c1-12(2)10-14(21-15(19)13(3)4)11-18(8,9)22-16(20)17(5,6)7;1-9(2)10(19)22-7-8-23-12(21)14(6,15(16,17)18)24-11(20)13(3,4)5;1-7(2)8(11)13-10(5,6)9(3,4)12;1-6(2)7(10)13-9(3,4)8(11)12-5;1-5(2)7(8)9-6(3)4/h12,14H,3,10-11H2,1-2,4-9H3;1,7-8H2,2-6H3;12H,1H2,2-6H3;1H2,2-5H3;6H,1H2,2-4H3. The average molecular weight is 1170 g/mol. The fourth-order valence-electron chi connectivity index (χ4n) is 4.39. The molecule has 19 nitrogen and oxygen atoms in total. The summed E-state index contributed by atoms with van der Waals surface area (Å²) in [4.78, 5) is 102. The molecule has 0 bridgehead atoms. The molecule has 0 saturated heterocycles. The summed E-state index contributed by atoms with van der Waals surface area (Å²) >= 11 is 0. The van der Waals surface area contributed by atoms with Crippen LogP contribution in [0.15, 0.2) is 60.8 Å². The monoisotopic (exact) mass is 1170 g/mol. The van der Waals surface area contributed by atoms with Gasteiger partial charge in [0.1, 0.15) is 30.5 Å². The number of carbonyl (C=O) groups excluding carboxylic acids is 9. The number of hydrogen-bond donors (Lipinski definition) is 1. The zero-order valence-electron chi connectivity index (χ0n) is 53.0. The van der Waals surface area contributed by atoms with E-state index in [1.807, 2.05) is 34.6 Å². The average Bonchev–Trinajstić information content (AvgIpc) is 3.25. The smallest absolute Gasteiger partial charge is 0.439 e. The van der Waals surface area contributed by atoms with Crippen molar-refractivity contribution in [3.8, 4) is 0 Å². The maximum Gasteiger partial charge on any atom is 0.439 e. The van der Waals surface area contributed by atoms with Gasteiger partial charge in [-0.2, -0.15) is 13.2 Å². The van der Waals surface area contributed by atoms with E-state index < -0.39 is 100 Å². The van der Waals surface area contributed by atoms with Crippen LogP contribution in [-0.4, -0.2) is 126 Å². The molecule has 22 heteroatoms. The van der Waals surface area contributed by atoms with Crippen LogP contribution in [0.25, 0.3) is 0 Å². The minimum absolute atomic E-state index is 0.0470. The second-order valence-corrected chi connectivity index (χ2v) is 23.9. The molecule has 81 heavy (non-hydrogen) atoms. The maximum atomic E-state index is 13.2. The highest BCUT2D eigenvalue weighted by Crippen LogP contribution is 2.37. The Kier molecular flexibility index (Phi) is 35.9. The van der Waals surface area contributed by atoms with E-state index in [4.69, 9.17) is 23.7 Å². The predicted octanol–water partition coefficient (Wildman–Crippen LogP) is 11.1. The summed E-state index contributed by atoms with van der Waals surface area (Å²) in [5.41, 5.74) is -7.72. The van der Waals surface area contributed by atoms with Gasteiger partial charge in [0.05, 0.1) is 29.6 Å². The number of esters is 9. The summed E-state index contributed by atoms with van der Waals surface area (Å²) in [5, 5.41) is 9.67. The van der Waals surface area contributed by atoms with Crippen LogP contribution in [0.1, 0.15) is 179 Å². The van der Waals surface area contributed by atoms with E-state index in [1.165, 1.54) is 55.6 Å². The zero-order valence-corrected chi connectivity index (χ0v) is 53.0. The van der Waals surface area contributed by atoms with Gasteiger partial charge in [0.15, 0.2) is 0 Å². The first-order chi connectivity index (χ1) is 35.8. The molecule has 0 spiro atoms. The SMILES string of the molecule is C=C(C)C(=O)OC(C)(C)C(=O)OC.C=C(C)C(=O)OC(C)(C)C(C)(C)O.C=C(C)C(=O)OC(C)C.C=C(C)C(=O)OC(CC(C)C)CC(C)(C)OC(=O)C(C)(C)C.C=C(C)C(=O)OCCOC(=O)C(C)(OC(=O)C(C)(C)C)C(F)(F)F. The van der Waals surface area contributed by atoms with Crippen molar-refractivity contribution < 1.29 is 104 Å². The first-order valence-corrected chi connectivity index (χ1v) is 25.6. The lowest BCUT2D eigenvalue weighted by Gasteiger charge is -2.36. The first-order valence-electron chi connectivity index (χ1n) is 25.6. The molecule has 2 atom stereocenters. The molecule has 2 unspecified atom stereocenters. The molecule has 0 radical (unpaired) electrons. The van der Waals surface area contributed by atoms with Crippen LogP contribution in [0, 0.1) is 16.7 Å². The van der Waals surface area contributed by atoms with Gasteiger partial charge in [0.25, 0.3) is 5.60 Å². The van der Waals surface area contributed by atoms with Crippen LogP contribution < -0.4 is 0 Å². The molecule has 0 amide bonds. The van der Waals surface area contributed by atoms with Gasteiger partial charge in [-0.05, 0) is 165 Å². The molecule has 0 aliphatic carbocycles. The van der Waals surface area contributed by atoms with E-state index in [9.17, 15) is 61.4 Å². The van der Waals surface area contributed by atoms with Crippen molar-refractivity contribution in [3.63, 3.8) is 0 Å². The second kappa shape index (κ2) is 34.8. The Labute approximate surface area is 479 Å². The molecule has 0 aromatic heterocycles. The van der Waals surface area contributed by atoms with Gasteiger partial charge in [-0.15, -0.1) is 0 Å². The Bertz CT molecular complexity index is 2210. The number of aliphatic hydroxyl groups is 1.